The normalized spacial score (nSPS) is 13.8. The van der Waals surface area contributed by atoms with Crippen LogP contribution in [0.4, 0.5) is 0 Å². The summed E-state index contributed by atoms with van der Waals surface area (Å²) in [4.78, 5) is 26.1. The summed E-state index contributed by atoms with van der Waals surface area (Å²) < 4.78 is 5.89. The Hall–Kier alpha value is -2.44. The summed E-state index contributed by atoms with van der Waals surface area (Å²) in [5.41, 5.74) is 0. The van der Waals surface area contributed by atoms with Crippen LogP contribution >= 0.6 is 0 Å². The smallest absolute Gasteiger partial charge is 0.306 e. The van der Waals surface area contributed by atoms with E-state index in [1.54, 1.807) is 0 Å². The fourth-order valence-electron chi connectivity index (χ4n) is 7.63. The fourth-order valence-corrected chi connectivity index (χ4v) is 7.63. The molecule has 0 heterocycles. The van der Waals surface area contributed by atoms with Crippen molar-refractivity contribution in [1.82, 2.24) is 5.32 Å². The second kappa shape index (κ2) is 47.6. The van der Waals surface area contributed by atoms with Crippen molar-refractivity contribution in [3.63, 3.8) is 0 Å². The molecule has 0 bridgehead atoms. The van der Waals surface area contributed by atoms with Crippen molar-refractivity contribution in [3.8, 4) is 0 Å². The van der Waals surface area contributed by atoms with Crippen molar-refractivity contribution in [3.05, 3.63) is 60.8 Å². The van der Waals surface area contributed by atoms with Crippen molar-refractivity contribution < 1.29 is 24.5 Å². The molecule has 60 heavy (non-hydrogen) atoms. The van der Waals surface area contributed by atoms with Gasteiger partial charge in [0.15, 0.2) is 0 Å². The van der Waals surface area contributed by atoms with Gasteiger partial charge in [0.25, 0.3) is 0 Å². The van der Waals surface area contributed by atoms with Crippen LogP contribution in [0.1, 0.15) is 245 Å². The predicted molar refractivity (Wildman–Crippen MR) is 259 cm³/mol. The van der Waals surface area contributed by atoms with Gasteiger partial charge in [-0.15, -0.1) is 0 Å². The Bertz CT molecular complexity index is 1080. The van der Waals surface area contributed by atoms with Gasteiger partial charge in [-0.3, -0.25) is 9.59 Å². The van der Waals surface area contributed by atoms with E-state index in [0.29, 0.717) is 19.3 Å². The number of nitrogens with one attached hydrogen (secondary N) is 1. The standard InChI is InChI=1S/C54H97NO5/c1-4-7-10-13-16-19-21-23-24-25-26-27-28-30-32-35-38-41-44-47-54(59)60-50(45-42-39-36-34-31-29-22-20-17-14-11-8-5-2)48-53(58)55-51(49-56)52(57)46-43-40-37-33-18-15-12-9-6-3/h8,11,14,17,20,22,29,31,34,36,50-52,56-57H,4-7,9-10,12-13,15-16,18-19,21,23-28,30,32-33,35,37-49H2,1-3H3,(H,55,58)/b11-8+,17-14+,22-20-,31-29-,36-34+. The van der Waals surface area contributed by atoms with Gasteiger partial charge in [-0.25, -0.2) is 0 Å². The third-order valence-electron chi connectivity index (χ3n) is 11.5. The van der Waals surface area contributed by atoms with E-state index in [2.05, 4.69) is 38.2 Å². The zero-order valence-electron chi connectivity index (χ0n) is 39.6. The monoisotopic (exact) mass is 840 g/mol. The number of hydrogen-bond acceptors (Lipinski definition) is 5. The summed E-state index contributed by atoms with van der Waals surface area (Å²) in [5, 5.41) is 23.6. The van der Waals surface area contributed by atoms with Crippen molar-refractivity contribution in [2.24, 2.45) is 0 Å². The first-order valence-corrected chi connectivity index (χ1v) is 25.6. The van der Waals surface area contributed by atoms with Gasteiger partial charge in [0, 0.05) is 6.42 Å². The lowest BCUT2D eigenvalue weighted by atomic mass is 10.0. The molecule has 0 rings (SSSR count). The minimum atomic E-state index is -0.805. The van der Waals surface area contributed by atoms with Gasteiger partial charge < -0.3 is 20.3 Å². The summed E-state index contributed by atoms with van der Waals surface area (Å²) in [7, 11) is 0. The number of carbonyl (C=O) groups excluding carboxylic acids is 2. The number of hydrogen-bond donors (Lipinski definition) is 3. The molecule has 1 amide bonds. The molecule has 0 aliphatic carbocycles. The lowest BCUT2D eigenvalue weighted by molar-refractivity contribution is -0.151. The van der Waals surface area contributed by atoms with Gasteiger partial charge >= 0.3 is 5.97 Å². The Balaban J connectivity index is 4.57. The van der Waals surface area contributed by atoms with Crippen LogP contribution in [0.3, 0.4) is 0 Å². The molecule has 348 valence electrons. The van der Waals surface area contributed by atoms with Crippen molar-refractivity contribution >= 4 is 11.9 Å². The van der Waals surface area contributed by atoms with Gasteiger partial charge in [0.05, 0.1) is 25.2 Å². The first-order chi connectivity index (χ1) is 29.5. The van der Waals surface area contributed by atoms with Crippen molar-refractivity contribution in [2.45, 2.75) is 264 Å². The molecule has 3 N–H and O–H groups in total. The number of carbonyl (C=O) groups is 2. The molecule has 0 aromatic carbocycles. The lowest BCUT2D eigenvalue weighted by Gasteiger charge is -2.24. The van der Waals surface area contributed by atoms with Crippen LogP contribution in [0.2, 0.25) is 0 Å². The molecule has 3 unspecified atom stereocenters. The maximum absolute atomic E-state index is 13.1. The van der Waals surface area contributed by atoms with Gasteiger partial charge in [0.2, 0.25) is 5.91 Å². The number of allylic oxidation sites excluding steroid dienone is 10. The second-order valence-electron chi connectivity index (χ2n) is 17.3. The van der Waals surface area contributed by atoms with E-state index in [-0.39, 0.29) is 24.9 Å². The van der Waals surface area contributed by atoms with Crippen LogP contribution in [0.25, 0.3) is 0 Å². The molecule has 0 fully saturated rings. The molecule has 0 saturated heterocycles. The fraction of sp³-hybridized carbons (Fsp3) is 0.778. The average Bonchev–Trinajstić information content (AvgIpc) is 3.24. The van der Waals surface area contributed by atoms with Gasteiger partial charge in [-0.05, 0) is 38.5 Å². The van der Waals surface area contributed by atoms with E-state index in [1.165, 1.54) is 141 Å². The number of rotatable bonds is 45. The Morgan fingerprint density at radius 2 is 0.900 bits per heavy atom. The molecule has 0 radical (unpaired) electrons. The first-order valence-electron chi connectivity index (χ1n) is 25.6. The number of esters is 1. The van der Waals surface area contributed by atoms with Crippen LogP contribution in [0, 0.1) is 0 Å². The van der Waals surface area contributed by atoms with E-state index in [9.17, 15) is 19.8 Å². The summed E-state index contributed by atoms with van der Waals surface area (Å²) in [5.74, 6) is -0.542. The Morgan fingerprint density at radius 3 is 1.33 bits per heavy atom. The maximum atomic E-state index is 13.1. The zero-order valence-corrected chi connectivity index (χ0v) is 39.6. The summed E-state index contributed by atoms with van der Waals surface area (Å²) in [6, 6.07) is -0.723. The molecule has 6 nitrogen and oxygen atoms in total. The number of ether oxygens (including phenoxy) is 1. The minimum absolute atomic E-state index is 0.0293. The third-order valence-corrected chi connectivity index (χ3v) is 11.5. The molecule has 0 aromatic heterocycles. The van der Waals surface area contributed by atoms with Crippen LogP contribution in [0.5, 0.6) is 0 Å². The largest absolute Gasteiger partial charge is 0.462 e. The highest BCUT2D eigenvalue weighted by atomic mass is 16.5. The number of unbranched alkanes of at least 4 members (excludes halogenated alkanes) is 27. The molecular weight excluding hydrogens is 743 g/mol. The van der Waals surface area contributed by atoms with Crippen molar-refractivity contribution in [1.29, 1.82) is 0 Å². The number of amides is 1. The summed E-state index contributed by atoms with van der Waals surface area (Å²) in [6.45, 7) is 6.31. The van der Waals surface area contributed by atoms with Crippen LogP contribution in [-0.2, 0) is 14.3 Å². The van der Waals surface area contributed by atoms with Crippen LogP contribution < -0.4 is 5.32 Å². The van der Waals surface area contributed by atoms with E-state index in [0.717, 1.165) is 57.8 Å². The summed E-state index contributed by atoms with van der Waals surface area (Å²) >= 11 is 0. The van der Waals surface area contributed by atoms with Gasteiger partial charge in [-0.2, -0.15) is 0 Å². The molecule has 0 spiro atoms. The van der Waals surface area contributed by atoms with E-state index in [4.69, 9.17) is 4.74 Å². The highest BCUT2D eigenvalue weighted by Crippen LogP contribution is 2.17. The Labute approximate surface area is 371 Å². The SMILES string of the molecule is CC/C=C/C=C/C=C\C=C/C=C/CCCC(CC(=O)NC(CO)C(O)CCCCCCCCCCC)OC(=O)CCCCCCCCCCCCCCCCCCCCC. The topological polar surface area (TPSA) is 95.9 Å². The quantitative estimate of drug-likeness (QED) is 0.0322. The third kappa shape index (κ3) is 42.3. The van der Waals surface area contributed by atoms with E-state index in [1.807, 2.05) is 48.6 Å². The van der Waals surface area contributed by atoms with E-state index < -0.39 is 18.2 Å². The van der Waals surface area contributed by atoms with Gasteiger partial charge in [0.1, 0.15) is 6.10 Å². The molecule has 0 aliphatic heterocycles. The number of aliphatic hydroxyl groups excluding tert-OH is 2. The van der Waals surface area contributed by atoms with Crippen molar-refractivity contribution in [2.75, 3.05) is 6.61 Å². The second-order valence-corrected chi connectivity index (χ2v) is 17.3. The highest BCUT2D eigenvalue weighted by molar-refractivity contribution is 5.77. The lowest BCUT2D eigenvalue weighted by Crippen LogP contribution is -2.46. The molecule has 3 atom stereocenters. The minimum Gasteiger partial charge on any atom is -0.462 e. The molecule has 6 heteroatoms. The average molecular weight is 840 g/mol. The highest BCUT2D eigenvalue weighted by Gasteiger charge is 2.24. The number of aliphatic hydroxyl groups is 2. The molecule has 0 saturated carbocycles. The Morgan fingerprint density at radius 1 is 0.500 bits per heavy atom. The Kier molecular flexibility index (Phi) is 45.7. The van der Waals surface area contributed by atoms with Gasteiger partial charge in [-0.1, -0.05) is 255 Å². The molecule has 0 aliphatic rings. The first kappa shape index (κ1) is 57.6. The van der Waals surface area contributed by atoms with Crippen LogP contribution in [-0.4, -0.2) is 46.9 Å². The summed E-state index contributed by atoms with van der Waals surface area (Å²) in [6.07, 6.45) is 58.7. The predicted octanol–water partition coefficient (Wildman–Crippen LogP) is 15.2. The van der Waals surface area contributed by atoms with E-state index >= 15 is 0 Å². The molecular formula is C54H97NO5. The zero-order chi connectivity index (χ0) is 43.8. The van der Waals surface area contributed by atoms with Crippen LogP contribution in [0.15, 0.2) is 60.8 Å². The maximum Gasteiger partial charge on any atom is 0.306 e. The molecule has 0 aromatic rings.